The Balaban J connectivity index is 1.46. The van der Waals surface area contributed by atoms with E-state index in [1.165, 1.54) is 17.9 Å². The fraction of sp³-hybridized carbons (Fsp3) is 0.217. The number of fused-ring (bicyclic) bond motifs is 1. The number of rotatable bonds is 7. The van der Waals surface area contributed by atoms with Gasteiger partial charge in [-0.2, -0.15) is 0 Å². The molecule has 0 radical (unpaired) electrons. The van der Waals surface area contributed by atoms with Gasteiger partial charge in [-0.05, 0) is 30.7 Å². The quantitative estimate of drug-likeness (QED) is 0.526. The van der Waals surface area contributed by atoms with Gasteiger partial charge in [-0.15, -0.1) is 0 Å². The number of esters is 1. The number of anilines is 2. The summed E-state index contributed by atoms with van der Waals surface area (Å²) in [6, 6.07) is 16.2. The van der Waals surface area contributed by atoms with E-state index in [0.29, 0.717) is 11.4 Å². The van der Waals surface area contributed by atoms with Crippen LogP contribution in [0, 0.1) is 0 Å². The molecule has 0 saturated heterocycles. The SMILES string of the molecule is C[C@H](OC(=O)CCNC(=O)/C=C/c1ccccc1)C(=O)N1CC(=O)Nc2ccccc21. The van der Waals surface area contributed by atoms with Gasteiger partial charge in [0.05, 0.1) is 17.8 Å². The normalized spacial score (nSPS) is 13.8. The lowest BCUT2D eigenvalue weighted by Gasteiger charge is -2.30. The number of hydrogen-bond donors (Lipinski definition) is 2. The largest absolute Gasteiger partial charge is 0.452 e. The molecular formula is C23H23N3O5. The van der Waals surface area contributed by atoms with Gasteiger partial charge in [0.1, 0.15) is 6.54 Å². The van der Waals surface area contributed by atoms with Gasteiger partial charge in [-0.1, -0.05) is 42.5 Å². The second-order valence-corrected chi connectivity index (χ2v) is 6.91. The van der Waals surface area contributed by atoms with Crippen LogP contribution in [0.4, 0.5) is 11.4 Å². The Hall–Kier alpha value is -3.94. The van der Waals surface area contributed by atoms with Crippen LogP contribution in [-0.4, -0.2) is 42.9 Å². The van der Waals surface area contributed by atoms with Gasteiger partial charge in [-0.3, -0.25) is 24.1 Å². The minimum atomic E-state index is -1.07. The molecule has 0 unspecified atom stereocenters. The topological polar surface area (TPSA) is 105 Å². The van der Waals surface area contributed by atoms with Gasteiger partial charge >= 0.3 is 5.97 Å². The van der Waals surface area contributed by atoms with Crippen molar-refractivity contribution >= 4 is 41.1 Å². The highest BCUT2D eigenvalue weighted by molar-refractivity contribution is 6.11. The van der Waals surface area contributed by atoms with Crippen molar-refractivity contribution < 1.29 is 23.9 Å². The first-order valence-corrected chi connectivity index (χ1v) is 9.85. The van der Waals surface area contributed by atoms with Gasteiger partial charge < -0.3 is 15.4 Å². The molecule has 0 aromatic heterocycles. The second-order valence-electron chi connectivity index (χ2n) is 6.91. The summed E-state index contributed by atoms with van der Waals surface area (Å²) in [5.41, 5.74) is 1.96. The summed E-state index contributed by atoms with van der Waals surface area (Å²) in [6.45, 7) is 1.38. The molecular weight excluding hydrogens is 398 g/mol. The molecule has 0 spiro atoms. The van der Waals surface area contributed by atoms with E-state index in [2.05, 4.69) is 10.6 Å². The molecule has 0 saturated carbocycles. The van der Waals surface area contributed by atoms with Gasteiger partial charge in [0.2, 0.25) is 11.8 Å². The number of nitrogens with zero attached hydrogens (tertiary/aromatic N) is 1. The van der Waals surface area contributed by atoms with Crippen LogP contribution >= 0.6 is 0 Å². The Morgan fingerprint density at radius 2 is 1.84 bits per heavy atom. The molecule has 31 heavy (non-hydrogen) atoms. The Morgan fingerprint density at radius 1 is 1.13 bits per heavy atom. The Morgan fingerprint density at radius 3 is 2.61 bits per heavy atom. The van der Waals surface area contributed by atoms with Crippen LogP contribution in [0.25, 0.3) is 6.08 Å². The summed E-state index contributed by atoms with van der Waals surface area (Å²) in [7, 11) is 0. The van der Waals surface area contributed by atoms with E-state index < -0.39 is 18.0 Å². The molecule has 2 N–H and O–H groups in total. The molecule has 0 aliphatic carbocycles. The van der Waals surface area contributed by atoms with Crippen molar-refractivity contribution in [2.45, 2.75) is 19.4 Å². The molecule has 1 atom stereocenters. The van der Waals surface area contributed by atoms with Crippen LogP contribution < -0.4 is 15.5 Å². The van der Waals surface area contributed by atoms with Crippen LogP contribution in [0.3, 0.4) is 0 Å². The van der Waals surface area contributed by atoms with Gasteiger partial charge in [0, 0.05) is 12.6 Å². The van der Waals surface area contributed by atoms with Gasteiger partial charge in [0.25, 0.3) is 5.91 Å². The number of carbonyl (C=O) groups excluding carboxylic acids is 4. The third-order valence-electron chi connectivity index (χ3n) is 4.55. The van der Waals surface area contributed by atoms with Crippen LogP contribution in [0.15, 0.2) is 60.7 Å². The number of ether oxygens (including phenoxy) is 1. The first-order chi connectivity index (χ1) is 14.9. The van der Waals surface area contributed by atoms with Crippen LogP contribution in [-0.2, 0) is 23.9 Å². The van der Waals surface area contributed by atoms with E-state index >= 15 is 0 Å². The number of amides is 3. The number of carbonyl (C=O) groups is 4. The molecule has 1 aliphatic heterocycles. The maximum absolute atomic E-state index is 12.7. The molecule has 2 aromatic carbocycles. The lowest BCUT2D eigenvalue weighted by molar-refractivity contribution is -0.153. The molecule has 1 aliphatic rings. The van der Waals surface area contributed by atoms with Crippen molar-refractivity contribution in [3.63, 3.8) is 0 Å². The van der Waals surface area contributed by atoms with E-state index in [4.69, 9.17) is 4.74 Å². The highest BCUT2D eigenvalue weighted by Gasteiger charge is 2.31. The zero-order valence-corrected chi connectivity index (χ0v) is 17.0. The van der Waals surface area contributed by atoms with Crippen molar-refractivity contribution in [1.82, 2.24) is 5.32 Å². The summed E-state index contributed by atoms with van der Waals surface area (Å²) in [6.07, 6.45) is 1.90. The Bertz CT molecular complexity index is 1000. The molecule has 1 heterocycles. The summed E-state index contributed by atoms with van der Waals surface area (Å²) in [5.74, 6) is -1.78. The fourth-order valence-corrected chi connectivity index (χ4v) is 3.04. The van der Waals surface area contributed by atoms with E-state index in [1.54, 1.807) is 30.3 Å². The third-order valence-corrected chi connectivity index (χ3v) is 4.55. The van der Waals surface area contributed by atoms with Crippen LogP contribution in [0.1, 0.15) is 18.9 Å². The zero-order valence-electron chi connectivity index (χ0n) is 17.0. The molecule has 160 valence electrons. The molecule has 8 nitrogen and oxygen atoms in total. The minimum Gasteiger partial charge on any atom is -0.452 e. The van der Waals surface area contributed by atoms with Crippen molar-refractivity contribution in [2.24, 2.45) is 0 Å². The Labute approximate surface area is 179 Å². The lowest BCUT2D eigenvalue weighted by atomic mass is 10.1. The molecule has 3 rings (SSSR count). The Kier molecular flexibility index (Phi) is 7.16. The van der Waals surface area contributed by atoms with Crippen molar-refractivity contribution in [2.75, 3.05) is 23.3 Å². The van der Waals surface area contributed by atoms with Gasteiger partial charge in [-0.25, -0.2) is 0 Å². The van der Waals surface area contributed by atoms with Crippen molar-refractivity contribution in [1.29, 1.82) is 0 Å². The lowest BCUT2D eigenvalue weighted by Crippen LogP contribution is -2.47. The third kappa shape index (κ3) is 6.02. The standard InChI is InChI=1S/C23H23N3O5/c1-16(23(30)26-15-21(28)25-18-9-5-6-10-19(18)26)31-22(29)13-14-24-20(27)12-11-17-7-3-2-4-8-17/h2-12,16H,13-15H2,1H3,(H,24,27)(H,25,28)/b12-11+/t16-/m0/s1. The van der Waals surface area contributed by atoms with Crippen molar-refractivity contribution in [3.05, 3.63) is 66.2 Å². The summed E-state index contributed by atoms with van der Waals surface area (Å²) >= 11 is 0. The van der Waals surface area contributed by atoms with E-state index in [1.807, 2.05) is 30.3 Å². The number of nitrogens with one attached hydrogen (secondary N) is 2. The molecule has 0 fully saturated rings. The summed E-state index contributed by atoms with van der Waals surface area (Å²) < 4.78 is 5.20. The maximum atomic E-state index is 12.7. The van der Waals surface area contributed by atoms with E-state index in [0.717, 1.165) is 5.56 Å². The predicted molar refractivity (Wildman–Crippen MR) is 116 cm³/mol. The average Bonchev–Trinajstić information content (AvgIpc) is 2.77. The highest BCUT2D eigenvalue weighted by atomic mass is 16.5. The number of hydrogen-bond acceptors (Lipinski definition) is 5. The van der Waals surface area contributed by atoms with E-state index in [-0.39, 0.29) is 31.3 Å². The molecule has 2 aromatic rings. The average molecular weight is 421 g/mol. The smallest absolute Gasteiger partial charge is 0.308 e. The van der Waals surface area contributed by atoms with Gasteiger partial charge in [0.15, 0.2) is 6.10 Å². The summed E-state index contributed by atoms with van der Waals surface area (Å²) in [4.78, 5) is 49.8. The number of benzene rings is 2. The van der Waals surface area contributed by atoms with Crippen LogP contribution in [0.5, 0.6) is 0 Å². The minimum absolute atomic E-state index is 0.0761. The first kappa shape index (κ1) is 21.8. The molecule has 0 bridgehead atoms. The monoisotopic (exact) mass is 421 g/mol. The molecule has 8 heteroatoms. The second kappa shape index (κ2) is 10.2. The zero-order chi connectivity index (χ0) is 22.2. The molecule has 3 amide bonds. The maximum Gasteiger partial charge on any atom is 0.308 e. The van der Waals surface area contributed by atoms with Crippen LogP contribution in [0.2, 0.25) is 0 Å². The number of para-hydroxylation sites is 2. The highest BCUT2D eigenvalue weighted by Crippen LogP contribution is 2.29. The summed E-state index contributed by atoms with van der Waals surface area (Å²) in [5, 5.41) is 5.29. The van der Waals surface area contributed by atoms with Crippen molar-refractivity contribution in [3.8, 4) is 0 Å². The fourth-order valence-electron chi connectivity index (χ4n) is 3.04. The van der Waals surface area contributed by atoms with E-state index in [9.17, 15) is 19.2 Å². The predicted octanol–water partition coefficient (Wildman–Crippen LogP) is 2.12. The first-order valence-electron chi connectivity index (χ1n) is 9.85.